The number of carbonyl (C=O) groups is 2. The molecule has 0 saturated carbocycles. The highest BCUT2D eigenvalue weighted by Crippen LogP contribution is 2.21. The molecule has 0 radical (unpaired) electrons. The lowest BCUT2D eigenvalue weighted by Gasteiger charge is -2.02. The van der Waals surface area contributed by atoms with Crippen molar-refractivity contribution in [1.82, 2.24) is 10.9 Å². The van der Waals surface area contributed by atoms with Crippen molar-refractivity contribution < 1.29 is 14.0 Å². The minimum Gasteiger partial charge on any atom is -0.465 e. The van der Waals surface area contributed by atoms with Crippen molar-refractivity contribution in [2.45, 2.75) is 20.3 Å². The first-order valence-electron chi connectivity index (χ1n) is 6.51. The van der Waals surface area contributed by atoms with Crippen LogP contribution in [0, 0.1) is 6.92 Å². The molecule has 0 aliphatic carbocycles. The molecule has 0 aliphatic heterocycles. The smallest absolute Gasteiger partial charge is 0.279 e. The average Bonchev–Trinajstić information content (AvgIpc) is 3.11. The Bertz CT molecular complexity index is 657. The topological polar surface area (TPSA) is 71.3 Å². The zero-order chi connectivity index (χ0) is 15.2. The monoisotopic (exact) mass is 304 g/mol. The van der Waals surface area contributed by atoms with Gasteiger partial charge in [0.2, 0.25) is 0 Å². The Morgan fingerprint density at radius 3 is 2.81 bits per heavy atom. The summed E-state index contributed by atoms with van der Waals surface area (Å²) in [6, 6.07) is 5.27. The predicted molar refractivity (Wildman–Crippen MR) is 81.8 cm³/mol. The van der Waals surface area contributed by atoms with Crippen molar-refractivity contribution in [1.29, 1.82) is 0 Å². The molecule has 0 aromatic carbocycles. The highest BCUT2D eigenvalue weighted by Gasteiger charge is 2.11. The van der Waals surface area contributed by atoms with Crippen molar-refractivity contribution in [3.63, 3.8) is 0 Å². The molecule has 0 atom stereocenters. The van der Waals surface area contributed by atoms with E-state index in [2.05, 4.69) is 10.9 Å². The lowest BCUT2D eigenvalue weighted by molar-refractivity contribution is -0.117. The molecule has 5 nitrogen and oxygen atoms in total. The summed E-state index contributed by atoms with van der Waals surface area (Å²) in [4.78, 5) is 25.2. The third-order valence-electron chi connectivity index (χ3n) is 2.81. The maximum Gasteiger partial charge on any atom is 0.279 e. The Morgan fingerprint density at radius 1 is 1.38 bits per heavy atom. The molecular formula is C15H16N2O3S. The standard InChI is InChI=1S/C15H16N2O3S/c1-3-12-10(2)9-13(21-12)15(19)17-16-14(18)7-6-11-5-4-8-20-11/h4-9H,3H2,1-2H3,(H,16,18)(H,17,19)/b7-6+. The Balaban J connectivity index is 1.87. The van der Waals surface area contributed by atoms with Crippen molar-refractivity contribution in [3.05, 3.63) is 51.6 Å². The van der Waals surface area contributed by atoms with Gasteiger partial charge in [-0.1, -0.05) is 6.92 Å². The van der Waals surface area contributed by atoms with Crippen LogP contribution in [0.1, 0.15) is 32.8 Å². The maximum atomic E-state index is 11.9. The van der Waals surface area contributed by atoms with Crippen LogP contribution in [0.5, 0.6) is 0 Å². The molecule has 2 amide bonds. The normalized spacial score (nSPS) is 10.8. The number of hydrogen-bond acceptors (Lipinski definition) is 4. The molecule has 0 fully saturated rings. The van der Waals surface area contributed by atoms with Gasteiger partial charge in [0.05, 0.1) is 11.1 Å². The minimum absolute atomic E-state index is 0.317. The third-order valence-corrected chi connectivity index (χ3v) is 4.19. The van der Waals surface area contributed by atoms with E-state index in [1.54, 1.807) is 12.1 Å². The third kappa shape index (κ3) is 4.06. The van der Waals surface area contributed by atoms with E-state index >= 15 is 0 Å². The molecule has 2 rings (SSSR count). The minimum atomic E-state index is -0.427. The van der Waals surface area contributed by atoms with Crippen molar-refractivity contribution in [2.24, 2.45) is 0 Å². The molecule has 2 N–H and O–H groups in total. The number of thiophene rings is 1. The Hall–Kier alpha value is -2.34. The van der Waals surface area contributed by atoms with Gasteiger partial charge in [0.15, 0.2) is 0 Å². The summed E-state index contributed by atoms with van der Waals surface area (Å²) >= 11 is 1.43. The first-order chi connectivity index (χ1) is 10.1. The van der Waals surface area contributed by atoms with E-state index in [4.69, 9.17) is 4.42 Å². The van der Waals surface area contributed by atoms with Crippen LogP contribution in [-0.4, -0.2) is 11.8 Å². The number of hydrazine groups is 1. The number of amides is 2. The van der Waals surface area contributed by atoms with Gasteiger partial charge in [0.25, 0.3) is 11.8 Å². The first kappa shape index (κ1) is 15.1. The van der Waals surface area contributed by atoms with Crippen LogP contribution in [0.25, 0.3) is 6.08 Å². The van der Waals surface area contributed by atoms with Gasteiger partial charge in [-0.25, -0.2) is 0 Å². The first-order valence-corrected chi connectivity index (χ1v) is 7.33. The highest BCUT2D eigenvalue weighted by molar-refractivity contribution is 7.14. The molecule has 6 heteroatoms. The quantitative estimate of drug-likeness (QED) is 0.674. The average molecular weight is 304 g/mol. The largest absolute Gasteiger partial charge is 0.465 e. The summed E-state index contributed by atoms with van der Waals surface area (Å²) in [5.41, 5.74) is 5.81. The molecule has 2 aromatic heterocycles. The number of carbonyl (C=O) groups excluding carboxylic acids is 2. The lowest BCUT2D eigenvalue weighted by atomic mass is 10.2. The summed E-state index contributed by atoms with van der Waals surface area (Å²) in [6.07, 6.45) is 5.22. The van der Waals surface area contributed by atoms with E-state index in [0.717, 1.165) is 12.0 Å². The van der Waals surface area contributed by atoms with Gasteiger partial charge in [-0.2, -0.15) is 0 Å². The van der Waals surface area contributed by atoms with Gasteiger partial charge in [-0.05, 0) is 43.2 Å². The molecule has 2 heterocycles. The second-order valence-corrected chi connectivity index (χ2v) is 5.50. The molecule has 0 saturated heterocycles. The second-order valence-electron chi connectivity index (χ2n) is 4.36. The van der Waals surface area contributed by atoms with Gasteiger partial charge in [0, 0.05) is 11.0 Å². The molecule has 0 unspecified atom stereocenters. The van der Waals surface area contributed by atoms with Gasteiger partial charge in [-0.15, -0.1) is 11.3 Å². The van der Waals surface area contributed by atoms with Crippen molar-refractivity contribution in [3.8, 4) is 0 Å². The van der Waals surface area contributed by atoms with E-state index in [1.807, 2.05) is 19.9 Å². The van der Waals surface area contributed by atoms with E-state index in [-0.39, 0.29) is 5.91 Å². The number of hydrogen-bond donors (Lipinski definition) is 2. The van der Waals surface area contributed by atoms with Crippen LogP contribution in [0.15, 0.2) is 35.0 Å². The zero-order valence-corrected chi connectivity index (χ0v) is 12.6. The van der Waals surface area contributed by atoms with Crippen LogP contribution in [-0.2, 0) is 11.2 Å². The molecule has 2 aromatic rings. The predicted octanol–water partition coefficient (Wildman–Crippen LogP) is 2.69. The van der Waals surface area contributed by atoms with E-state index < -0.39 is 5.91 Å². The number of nitrogens with one attached hydrogen (secondary N) is 2. The molecule has 0 bridgehead atoms. The Labute approximate surface area is 126 Å². The fourth-order valence-electron chi connectivity index (χ4n) is 1.75. The number of furan rings is 1. The fraction of sp³-hybridized carbons (Fsp3) is 0.200. The number of rotatable bonds is 4. The van der Waals surface area contributed by atoms with Crippen LogP contribution in [0.4, 0.5) is 0 Å². The molecule has 110 valence electrons. The van der Waals surface area contributed by atoms with Crippen LogP contribution >= 0.6 is 11.3 Å². The van der Waals surface area contributed by atoms with Crippen LogP contribution in [0.3, 0.4) is 0 Å². The van der Waals surface area contributed by atoms with Crippen molar-refractivity contribution in [2.75, 3.05) is 0 Å². The van der Waals surface area contributed by atoms with Crippen LogP contribution < -0.4 is 10.9 Å². The van der Waals surface area contributed by atoms with Gasteiger partial charge >= 0.3 is 0 Å². The Kier molecular flexibility index (Phi) is 4.94. The fourth-order valence-corrected chi connectivity index (χ4v) is 2.76. The van der Waals surface area contributed by atoms with Gasteiger partial charge in [0.1, 0.15) is 5.76 Å². The maximum absolute atomic E-state index is 11.9. The van der Waals surface area contributed by atoms with E-state index in [0.29, 0.717) is 10.6 Å². The molecular weight excluding hydrogens is 288 g/mol. The molecule has 21 heavy (non-hydrogen) atoms. The van der Waals surface area contributed by atoms with E-state index in [9.17, 15) is 9.59 Å². The zero-order valence-electron chi connectivity index (χ0n) is 11.8. The summed E-state index contributed by atoms with van der Waals surface area (Å²) in [6.45, 7) is 4.01. The Morgan fingerprint density at radius 2 is 2.19 bits per heavy atom. The van der Waals surface area contributed by atoms with Gasteiger partial charge < -0.3 is 4.42 Å². The van der Waals surface area contributed by atoms with Gasteiger partial charge in [-0.3, -0.25) is 20.4 Å². The molecule has 0 aliphatic rings. The summed E-state index contributed by atoms with van der Waals surface area (Å²) in [5, 5.41) is 0. The number of aryl methyl sites for hydroxylation is 2. The summed E-state index contributed by atoms with van der Waals surface area (Å²) in [5.74, 6) is -0.177. The highest BCUT2D eigenvalue weighted by atomic mass is 32.1. The van der Waals surface area contributed by atoms with Crippen LogP contribution in [0.2, 0.25) is 0 Å². The second kappa shape index (κ2) is 6.90. The summed E-state index contributed by atoms with van der Waals surface area (Å²) < 4.78 is 5.05. The summed E-state index contributed by atoms with van der Waals surface area (Å²) in [7, 11) is 0. The molecule has 0 spiro atoms. The van der Waals surface area contributed by atoms with E-state index in [1.165, 1.54) is 34.6 Å². The van der Waals surface area contributed by atoms with Crippen molar-refractivity contribution >= 4 is 29.2 Å². The lowest BCUT2D eigenvalue weighted by Crippen LogP contribution is -2.40. The SMILES string of the molecule is CCc1sc(C(=O)NNC(=O)/C=C/c2ccco2)cc1C.